The van der Waals surface area contributed by atoms with Crippen LogP contribution in [0.3, 0.4) is 0 Å². The number of methoxy groups -OCH3 is 1. The highest BCUT2D eigenvalue weighted by Gasteiger charge is 2.17. The van der Waals surface area contributed by atoms with Crippen LogP contribution in [0.1, 0.15) is 6.92 Å². The van der Waals surface area contributed by atoms with E-state index in [2.05, 4.69) is 10.0 Å². The van der Waals surface area contributed by atoms with Gasteiger partial charge in [-0.05, 0) is 79.7 Å². The number of hydrogen-bond donors (Lipinski definition) is 2. The Kier molecular flexibility index (Phi) is 6.76. The second kappa shape index (κ2) is 9.48. The largest absolute Gasteiger partial charge is 0.497 e. The number of nitrogens with one attached hydrogen (secondary N) is 2. The maximum absolute atomic E-state index is 13.0. The van der Waals surface area contributed by atoms with Crippen LogP contribution in [0.25, 0.3) is 0 Å². The molecule has 0 heterocycles. The number of amides is 1. The Bertz CT molecular complexity index is 1130. The van der Waals surface area contributed by atoms with E-state index in [-0.39, 0.29) is 4.90 Å². The predicted octanol–water partition coefficient (Wildman–Crippen LogP) is 4.04. The third-order valence-corrected chi connectivity index (χ3v) is 5.67. The van der Waals surface area contributed by atoms with Crippen molar-refractivity contribution in [2.75, 3.05) is 17.1 Å². The Morgan fingerprint density at radius 1 is 0.871 bits per heavy atom. The van der Waals surface area contributed by atoms with Gasteiger partial charge in [0.1, 0.15) is 17.3 Å². The summed E-state index contributed by atoms with van der Waals surface area (Å²) in [5.41, 5.74) is 0.799. The molecule has 0 spiro atoms. The molecular weight excluding hydrogens is 423 g/mol. The zero-order valence-electron chi connectivity index (χ0n) is 16.8. The molecule has 0 aliphatic heterocycles. The van der Waals surface area contributed by atoms with Gasteiger partial charge in [-0.3, -0.25) is 9.52 Å². The first-order chi connectivity index (χ1) is 14.8. The molecule has 0 saturated heterocycles. The Labute approximate surface area is 179 Å². The molecule has 0 aromatic heterocycles. The van der Waals surface area contributed by atoms with E-state index in [1.54, 1.807) is 31.2 Å². The molecule has 31 heavy (non-hydrogen) atoms. The summed E-state index contributed by atoms with van der Waals surface area (Å²) in [6.07, 6.45) is -0.842. The fourth-order valence-electron chi connectivity index (χ4n) is 2.61. The summed E-state index contributed by atoms with van der Waals surface area (Å²) >= 11 is 0. The highest BCUT2D eigenvalue weighted by Crippen LogP contribution is 2.21. The molecule has 3 aromatic carbocycles. The van der Waals surface area contributed by atoms with Crippen LogP contribution in [0, 0.1) is 5.82 Å². The van der Waals surface area contributed by atoms with E-state index in [0.717, 1.165) is 0 Å². The summed E-state index contributed by atoms with van der Waals surface area (Å²) < 4.78 is 51.0. The van der Waals surface area contributed by atoms with Crippen molar-refractivity contribution in [3.05, 3.63) is 78.6 Å². The fraction of sp³-hybridized carbons (Fsp3) is 0.136. The predicted molar refractivity (Wildman–Crippen MR) is 115 cm³/mol. The van der Waals surface area contributed by atoms with Gasteiger partial charge in [-0.25, -0.2) is 12.8 Å². The van der Waals surface area contributed by atoms with E-state index in [0.29, 0.717) is 22.9 Å². The van der Waals surface area contributed by atoms with Gasteiger partial charge in [0.2, 0.25) is 0 Å². The molecule has 1 atom stereocenters. The van der Waals surface area contributed by atoms with Gasteiger partial charge in [-0.2, -0.15) is 0 Å². The van der Waals surface area contributed by atoms with E-state index in [4.69, 9.17) is 9.47 Å². The summed E-state index contributed by atoms with van der Waals surface area (Å²) in [7, 11) is -2.27. The number of sulfonamides is 1. The first-order valence-corrected chi connectivity index (χ1v) is 10.8. The number of carbonyl (C=O) groups is 1. The van der Waals surface area contributed by atoms with Gasteiger partial charge in [-0.1, -0.05) is 0 Å². The monoisotopic (exact) mass is 444 g/mol. The first kappa shape index (κ1) is 22.1. The highest BCUT2D eigenvalue weighted by atomic mass is 32.2. The Morgan fingerprint density at radius 3 is 2.00 bits per heavy atom. The zero-order valence-corrected chi connectivity index (χ0v) is 17.6. The number of benzene rings is 3. The van der Waals surface area contributed by atoms with Gasteiger partial charge in [-0.15, -0.1) is 0 Å². The topological polar surface area (TPSA) is 93.7 Å². The van der Waals surface area contributed by atoms with Crippen LogP contribution in [0.2, 0.25) is 0 Å². The molecule has 3 rings (SSSR count). The van der Waals surface area contributed by atoms with Crippen molar-refractivity contribution in [3.8, 4) is 11.5 Å². The molecule has 0 aliphatic carbocycles. The minimum Gasteiger partial charge on any atom is -0.497 e. The van der Waals surface area contributed by atoms with Crippen molar-refractivity contribution in [2.45, 2.75) is 17.9 Å². The highest BCUT2D eigenvalue weighted by molar-refractivity contribution is 7.92. The molecule has 0 bridgehead atoms. The van der Waals surface area contributed by atoms with Crippen molar-refractivity contribution in [1.82, 2.24) is 0 Å². The minimum absolute atomic E-state index is 0.0388. The lowest BCUT2D eigenvalue weighted by Gasteiger charge is -2.15. The average molecular weight is 444 g/mol. The van der Waals surface area contributed by atoms with Crippen molar-refractivity contribution >= 4 is 27.3 Å². The van der Waals surface area contributed by atoms with Crippen LogP contribution in [0.15, 0.2) is 77.7 Å². The van der Waals surface area contributed by atoms with E-state index in [9.17, 15) is 17.6 Å². The Morgan fingerprint density at radius 2 is 1.42 bits per heavy atom. The summed E-state index contributed by atoms with van der Waals surface area (Å²) in [6.45, 7) is 1.55. The van der Waals surface area contributed by atoms with E-state index in [1.807, 2.05) is 0 Å². The SMILES string of the molecule is COc1ccc(NS(=O)(=O)c2ccc(NC(=O)[C@@H](C)Oc3ccc(F)cc3)cc2)cc1. The fourth-order valence-corrected chi connectivity index (χ4v) is 3.66. The van der Waals surface area contributed by atoms with Crippen LogP contribution in [0.5, 0.6) is 11.5 Å². The zero-order chi connectivity index (χ0) is 22.4. The molecule has 3 aromatic rings. The molecule has 1 amide bonds. The lowest BCUT2D eigenvalue weighted by molar-refractivity contribution is -0.122. The molecule has 0 unspecified atom stereocenters. The normalized spacial score (nSPS) is 12.0. The Balaban J connectivity index is 1.61. The number of ether oxygens (including phenoxy) is 2. The number of carbonyl (C=O) groups excluding carboxylic acids is 1. The molecule has 0 radical (unpaired) electrons. The standard InChI is InChI=1S/C22H21FN2O5S/c1-15(30-20-9-3-16(23)4-10-20)22(26)24-17-7-13-21(14-8-17)31(27,28)25-18-5-11-19(29-2)12-6-18/h3-15,25H,1-2H3,(H,24,26)/t15-/m1/s1. The summed E-state index contributed by atoms with van der Waals surface area (Å²) in [4.78, 5) is 12.3. The lowest BCUT2D eigenvalue weighted by atomic mass is 10.3. The van der Waals surface area contributed by atoms with Crippen molar-refractivity contribution in [1.29, 1.82) is 0 Å². The van der Waals surface area contributed by atoms with Gasteiger partial charge < -0.3 is 14.8 Å². The van der Waals surface area contributed by atoms with Gasteiger partial charge in [0, 0.05) is 11.4 Å². The molecule has 162 valence electrons. The van der Waals surface area contributed by atoms with Crippen molar-refractivity contribution in [3.63, 3.8) is 0 Å². The summed E-state index contributed by atoms with van der Waals surface area (Å²) in [5, 5.41) is 2.65. The molecule has 9 heteroatoms. The number of rotatable bonds is 8. The molecule has 0 aliphatic rings. The van der Waals surface area contributed by atoms with Crippen LogP contribution in [0.4, 0.5) is 15.8 Å². The third kappa shape index (κ3) is 5.95. The number of hydrogen-bond acceptors (Lipinski definition) is 5. The van der Waals surface area contributed by atoms with E-state index in [1.165, 1.54) is 55.6 Å². The second-order valence-corrected chi connectivity index (χ2v) is 8.24. The average Bonchev–Trinajstić information content (AvgIpc) is 2.76. The van der Waals surface area contributed by atoms with E-state index < -0.39 is 27.9 Å². The smallest absolute Gasteiger partial charge is 0.265 e. The Hall–Kier alpha value is -3.59. The minimum atomic E-state index is -3.80. The van der Waals surface area contributed by atoms with Gasteiger partial charge >= 0.3 is 0 Å². The molecule has 2 N–H and O–H groups in total. The van der Waals surface area contributed by atoms with Gasteiger partial charge in [0.25, 0.3) is 15.9 Å². The van der Waals surface area contributed by atoms with E-state index >= 15 is 0 Å². The maximum atomic E-state index is 13.0. The summed E-state index contributed by atoms with van der Waals surface area (Å²) in [5.74, 6) is 0.132. The molecule has 0 fully saturated rings. The third-order valence-electron chi connectivity index (χ3n) is 4.27. The lowest BCUT2D eigenvalue weighted by Crippen LogP contribution is -2.30. The van der Waals surface area contributed by atoms with Crippen LogP contribution in [-0.4, -0.2) is 27.5 Å². The van der Waals surface area contributed by atoms with Crippen LogP contribution >= 0.6 is 0 Å². The number of anilines is 2. The van der Waals surface area contributed by atoms with Crippen molar-refractivity contribution in [2.24, 2.45) is 0 Å². The molecule has 7 nitrogen and oxygen atoms in total. The van der Waals surface area contributed by atoms with Gasteiger partial charge in [0.05, 0.1) is 12.0 Å². The van der Waals surface area contributed by atoms with Crippen molar-refractivity contribution < 1.29 is 27.1 Å². The summed E-state index contributed by atoms with van der Waals surface area (Å²) in [6, 6.07) is 17.5. The maximum Gasteiger partial charge on any atom is 0.265 e. The quantitative estimate of drug-likeness (QED) is 0.547. The second-order valence-electron chi connectivity index (χ2n) is 6.56. The first-order valence-electron chi connectivity index (χ1n) is 9.27. The molecular formula is C22H21FN2O5S. The van der Waals surface area contributed by atoms with Crippen LogP contribution in [-0.2, 0) is 14.8 Å². The molecule has 0 saturated carbocycles. The number of halogens is 1. The van der Waals surface area contributed by atoms with Crippen LogP contribution < -0.4 is 19.5 Å². The van der Waals surface area contributed by atoms with Gasteiger partial charge in [0.15, 0.2) is 6.10 Å².